The molecule has 3 heterocycles. The monoisotopic (exact) mass is 879 g/mol. The second-order valence-corrected chi connectivity index (χ2v) is 13.8. The van der Waals surface area contributed by atoms with Crippen LogP contribution in [-0.2, 0) is 33.2 Å². The number of ether oxygens (including phenoxy) is 7. The van der Waals surface area contributed by atoms with E-state index < -0.39 is 78.8 Å². The Bertz CT molecular complexity index is 2240. The van der Waals surface area contributed by atoms with Crippen molar-refractivity contribution in [3.63, 3.8) is 0 Å². The highest BCUT2D eigenvalue weighted by Crippen LogP contribution is 2.22. The van der Waals surface area contributed by atoms with Gasteiger partial charge in [0.25, 0.3) is 0 Å². The van der Waals surface area contributed by atoms with Gasteiger partial charge in [-0.25, -0.2) is 19.2 Å². The highest BCUT2D eigenvalue weighted by atomic mass is 16.6. The number of rotatable bonds is 12. The van der Waals surface area contributed by atoms with Gasteiger partial charge in [0, 0.05) is 4.91 Å². The van der Waals surface area contributed by atoms with Crippen LogP contribution in [0.3, 0.4) is 0 Å². The van der Waals surface area contributed by atoms with Crippen molar-refractivity contribution in [2.45, 2.75) is 54.9 Å². The SMILES string of the molecule is O=C(OCC1OC=C[C@@H](OC(=O)c2ccccc2)[C@@H]1O)c1ccccc1.OCC1OC=C[C@@H](O)[C@@H]1O.[N-]=[N+]=N[C@H]1C(COC(=O)c2ccccc2)OC=C[C@H]1OC(=O)c1ccccc1. The smallest absolute Gasteiger partial charge is 0.338 e. The summed E-state index contributed by atoms with van der Waals surface area (Å²) in [7, 11) is 0. The highest BCUT2D eigenvalue weighted by Gasteiger charge is 2.36. The summed E-state index contributed by atoms with van der Waals surface area (Å²) in [5.41, 5.74) is 10.4. The topological polar surface area (TPSA) is 263 Å². The van der Waals surface area contributed by atoms with Crippen LogP contribution < -0.4 is 0 Å². The van der Waals surface area contributed by atoms with Gasteiger partial charge in [0.1, 0.15) is 55.9 Å². The van der Waals surface area contributed by atoms with Gasteiger partial charge in [-0.2, -0.15) is 0 Å². The predicted octanol–water partition coefficient (Wildman–Crippen LogP) is 4.62. The van der Waals surface area contributed by atoms with Gasteiger partial charge in [0.2, 0.25) is 0 Å². The van der Waals surface area contributed by atoms with Crippen molar-refractivity contribution in [2.24, 2.45) is 5.11 Å². The number of benzene rings is 4. The van der Waals surface area contributed by atoms with Crippen molar-refractivity contribution < 1.29 is 72.8 Å². The quantitative estimate of drug-likeness (QED) is 0.0498. The van der Waals surface area contributed by atoms with Gasteiger partial charge in [-0.3, -0.25) is 0 Å². The van der Waals surface area contributed by atoms with Crippen LogP contribution in [0.5, 0.6) is 0 Å². The summed E-state index contributed by atoms with van der Waals surface area (Å²) in [6.07, 6.45) is 1.05. The summed E-state index contributed by atoms with van der Waals surface area (Å²) in [6.45, 7) is -0.623. The number of aliphatic hydroxyl groups excluding tert-OH is 4. The summed E-state index contributed by atoms with van der Waals surface area (Å²) in [5, 5.41) is 40.6. The van der Waals surface area contributed by atoms with Gasteiger partial charge in [-0.1, -0.05) is 77.9 Å². The average molecular weight is 880 g/mol. The molecule has 3 unspecified atom stereocenters. The van der Waals surface area contributed by atoms with E-state index in [1.54, 1.807) is 121 Å². The standard InChI is InChI=1S/C20H17N3O5.C20H18O6.C6H10O4/c21-23-22-18-16(28-20(25)15-9-5-2-6-10-15)11-12-26-17(18)13-27-19(24)14-7-3-1-4-8-14;21-18-16(26-20(23)15-9-5-2-6-10-15)11-12-24-17(18)13-25-19(22)14-7-3-1-4-8-14;7-3-5-6(9)4(8)1-2-10-5/h1-12,16-18H,13H2;1-12,16-18,21H,13H2;1-2,4-9H,3H2/t16-,17?,18-;16-,17?,18+;4-,5?,6+/m111/s1. The van der Waals surface area contributed by atoms with Crippen LogP contribution in [0.4, 0.5) is 0 Å². The Labute approximate surface area is 366 Å². The van der Waals surface area contributed by atoms with E-state index in [4.69, 9.17) is 54.0 Å². The van der Waals surface area contributed by atoms with Crippen molar-refractivity contribution in [1.82, 2.24) is 0 Å². The lowest BCUT2D eigenvalue weighted by Crippen LogP contribution is -2.45. The molecular formula is C46H45N3O15. The number of aliphatic hydroxyl groups is 4. The molecule has 0 spiro atoms. The van der Waals surface area contributed by atoms with Crippen LogP contribution in [0.2, 0.25) is 0 Å². The highest BCUT2D eigenvalue weighted by molar-refractivity contribution is 5.91. The molecule has 0 saturated heterocycles. The van der Waals surface area contributed by atoms with Crippen LogP contribution in [0, 0.1) is 0 Å². The molecule has 0 aliphatic carbocycles. The number of nitrogens with zero attached hydrogens (tertiary/aromatic N) is 3. The fraction of sp³-hybridized carbons (Fsp3) is 0.261. The van der Waals surface area contributed by atoms with Crippen LogP contribution in [0.25, 0.3) is 10.4 Å². The molecule has 9 atom stereocenters. The second-order valence-electron chi connectivity index (χ2n) is 13.8. The number of hydrogen-bond acceptors (Lipinski definition) is 16. The molecule has 3 aliphatic heterocycles. The van der Waals surface area contributed by atoms with Crippen molar-refractivity contribution in [3.05, 3.63) is 191 Å². The zero-order valence-electron chi connectivity index (χ0n) is 33.9. The Morgan fingerprint density at radius 2 is 0.922 bits per heavy atom. The Balaban J connectivity index is 0.000000199. The first-order valence-electron chi connectivity index (χ1n) is 19.7. The van der Waals surface area contributed by atoms with Gasteiger partial charge < -0.3 is 53.6 Å². The third-order valence-electron chi connectivity index (χ3n) is 9.38. The molecule has 0 radical (unpaired) electrons. The summed E-state index contributed by atoms with van der Waals surface area (Å²) >= 11 is 0. The van der Waals surface area contributed by atoms with Crippen LogP contribution >= 0.6 is 0 Å². The van der Waals surface area contributed by atoms with Gasteiger partial charge in [0.15, 0.2) is 12.2 Å². The maximum atomic E-state index is 12.3. The molecule has 4 aromatic carbocycles. The zero-order chi connectivity index (χ0) is 45.7. The molecule has 4 N–H and O–H groups in total. The first-order valence-corrected chi connectivity index (χ1v) is 19.7. The summed E-state index contributed by atoms with van der Waals surface area (Å²) in [4.78, 5) is 51.3. The number of esters is 4. The summed E-state index contributed by atoms with van der Waals surface area (Å²) < 4.78 is 36.7. The number of hydrogen-bond donors (Lipinski definition) is 4. The Hall–Kier alpha value is -7.47. The largest absolute Gasteiger partial charge is 0.494 e. The first kappa shape index (κ1) is 47.6. The first-order chi connectivity index (χ1) is 31.1. The molecule has 18 nitrogen and oxygen atoms in total. The predicted molar refractivity (Wildman–Crippen MR) is 225 cm³/mol. The lowest BCUT2D eigenvalue weighted by atomic mass is 10.0. The van der Waals surface area contributed by atoms with Gasteiger partial charge in [-0.15, -0.1) is 0 Å². The number of carbonyl (C=O) groups excluding carboxylic acids is 4. The van der Waals surface area contributed by atoms with E-state index in [1.807, 2.05) is 0 Å². The second kappa shape index (κ2) is 24.8. The Morgan fingerprint density at radius 3 is 1.38 bits per heavy atom. The molecule has 0 bridgehead atoms. The van der Waals surface area contributed by atoms with E-state index in [9.17, 15) is 24.3 Å². The number of carbonyl (C=O) groups is 4. The molecule has 18 heteroatoms. The molecule has 4 aromatic rings. The lowest BCUT2D eigenvalue weighted by molar-refractivity contribution is -0.0900. The molecule has 64 heavy (non-hydrogen) atoms. The maximum absolute atomic E-state index is 12.3. The van der Waals surface area contributed by atoms with E-state index in [1.165, 1.54) is 37.0 Å². The molecule has 3 aliphatic rings. The third kappa shape index (κ3) is 14.0. The molecule has 334 valence electrons. The maximum Gasteiger partial charge on any atom is 0.338 e. The molecule has 0 fully saturated rings. The zero-order valence-corrected chi connectivity index (χ0v) is 33.9. The van der Waals surface area contributed by atoms with E-state index in [2.05, 4.69) is 10.0 Å². The fourth-order valence-electron chi connectivity index (χ4n) is 5.91. The number of azide groups is 1. The summed E-state index contributed by atoms with van der Waals surface area (Å²) in [6, 6.07) is 33.0. The Morgan fingerprint density at radius 1 is 0.531 bits per heavy atom. The molecule has 0 amide bonds. The molecule has 0 aromatic heterocycles. The van der Waals surface area contributed by atoms with E-state index in [0.717, 1.165) is 0 Å². The minimum absolute atomic E-state index is 0.166. The van der Waals surface area contributed by atoms with E-state index in [-0.39, 0.29) is 19.8 Å². The van der Waals surface area contributed by atoms with Gasteiger partial charge in [-0.05, 0) is 72.3 Å². The fourth-order valence-corrected chi connectivity index (χ4v) is 5.91. The molecule has 7 rings (SSSR count). The minimum atomic E-state index is -1.16. The molecular weight excluding hydrogens is 835 g/mol. The third-order valence-corrected chi connectivity index (χ3v) is 9.38. The molecule has 0 saturated carbocycles. The van der Waals surface area contributed by atoms with Gasteiger partial charge >= 0.3 is 23.9 Å². The van der Waals surface area contributed by atoms with E-state index in [0.29, 0.717) is 22.3 Å². The van der Waals surface area contributed by atoms with Crippen molar-refractivity contribution in [1.29, 1.82) is 0 Å². The lowest BCUT2D eigenvalue weighted by Gasteiger charge is -2.31. The van der Waals surface area contributed by atoms with Crippen molar-refractivity contribution in [2.75, 3.05) is 19.8 Å². The van der Waals surface area contributed by atoms with Crippen LogP contribution in [0.15, 0.2) is 163 Å². The average Bonchev–Trinajstić information content (AvgIpc) is 3.34. The van der Waals surface area contributed by atoms with Gasteiger partial charge in [0.05, 0.1) is 47.6 Å². The van der Waals surface area contributed by atoms with Crippen LogP contribution in [0.1, 0.15) is 41.4 Å². The Kier molecular flexibility index (Phi) is 18.5. The van der Waals surface area contributed by atoms with Crippen molar-refractivity contribution >= 4 is 23.9 Å². The van der Waals surface area contributed by atoms with Crippen molar-refractivity contribution in [3.8, 4) is 0 Å². The summed E-state index contributed by atoms with van der Waals surface area (Å²) in [5.74, 6) is -2.17. The normalized spacial score (nSPS) is 23.8. The van der Waals surface area contributed by atoms with Crippen LogP contribution in [-0.4, -0.2) is 119 Å². The van der Waals surface area contributed by atoms with E-state index >= 15 is 0 Å². The minimum Gasteiger partial charge on any atom is -0.494 e.